The third-order valence-corrected chi connectivity index (χ3v) is 6.05. The van der Waals surface area contributed by atoms with Gasteiger partial charge >= 0.3 is 0 Å². The van der Waals surface area contributed by atoms with Gasteiger partial charge in [-0.25, -0.2) is 9.50 Å². The van der Waals surface area contributed by atoms with Crippen molar-refractivity contribution in [3.05, 3.63) is 58.5 Å². The predicted molar refractivity (Wildman–Crippen MR) is 118 cm³/mol. The summed E-state index contributed by atoms with van der Waals surface area (Å²) >= 11 is 1.50. The van der Waals surface area contributed by atoms with Gasteiger partial charge in [0.05, 0.1) is 23.0 Å². The standard InChI is InChI=1S/C22H27N5OS/c1-14-8-9-18(25-29-4)17(11-14)22(28)26-10-6-5-7-20(26)19-12-21-23-16(3)15(2)13-27(21)24-19/h8-9,11-13,20,25H,5-7,10H2,1-4H3. The van der Waals surface area contributed by atoms with E-state index in [1.807, 2.05) is 66.9 Å². The van der Waals surface area contributed by atoms with Crippen LogP contribution in [0.1, 0.15) is 58.2 Å². The van der Waals surface area contributed by atoms with Gasteiger partial charge in [0.2, 0.25) is 0 Å². The van der Waals surface area contributed by atoms with Crippen molar-refractivity contribution in [3.8, 4) is 0 Å². The van der Waals surface area contributed by atoms with Crippen LogP contribution in [0, 0.1) is 20.8 Å². The number of aryl methyl sites for hydroxylation is 3. The molecule has 1 atom stereocenters. The summed E-state index contributed by atoms with van der Waals surface area (Å²) in [5.74, 6) is 0.0623. The molecule has 3 heterocycles. The van der Waals surface area contributed by atoms with E-state index in [-0.39, 0.29) is 11.9 Å². The monoisotopic (exact) mass is 409 g/mol. The maximum absolute atomic E-state index is 13.6. The molecule has 1 unspecified atom stereocenters. The second-order valence-corrected chi connectivity index (χ2v) is 8.36. The summed E-state index contributed by atoms with van der Waals surface area (Å²) in [5.41, 5.74) is 6.53. The quantitative estimate of drug-likeness (QED) is 0.632. The molecule has 1 aliphatic heterocycles. The highest BCUT2D eigenvalue weighted by atomic mass is 32.2. The Kier molecular flexibility index (Phi) is 5.50. The first kappa shape index (κ1) is 19.8. The average Bonchev–Trinajstić information content (AvgIpc) is 3.12. The minimum Gasteiger partial charge on any atom is -0.330 e. The van der Waals surface area contributed by atoms with Crippen molar-refractivity contribution in [1.82, 2.24) is 19.5 Å². The normalized spacial score (nSPS) is 17.0. The lowest BCUT2D eigenvalue weighted by molar-refractivity contribution is 0.0606. The minimum absolute atomic E-state index is 0.0267. The molecule has 1 saturated heterocycles. The molecule has 0 spiro atoms. The summed E-state index contributed by atoms with van der Waals surface area (Å²) in [6, 6.07) is 7.99. The zero-order valence-corrected chi connectivity index (χ0v) is 18.2. The summed E-state index contributed by atoms with van der Waals surface area (Å²) in [6.45, 7) is 6.81. The van der Waals surface area contributed by atoms with Crippen molar-refractivity contribution in [2.24, 2.45) is 0 Å². The summed E-state index contributed by atoms with van der Waals surface area (Å²) in [7, 11) is 0. The van der Waals surface area contributed by atoms with E-state index in [0.29, 0.717) is 0 Å². The van der Waals surface area contributed by atoms with Gasteiger partial charge in [-0.1, -0.05) is 23.6 Å². The van der Waals surface area contributed by atoms with Crippen molar-refractivity contribution in [1.29, 1.82) is 0 Å². The topological polar surface area (TPSA) is 62.5 Å². The Balaban J connectivity index is 1.71. The second kappa shape index (κ2) is 8.06. The first-order valence-electron chi connectivity index (χ1n) is 10.0. The zero-order chi connectivity index (χ0) is 20.5. The molecule has 2 aromatic heterocycles. The number of piperidine rings is 1. The lowest BCUT2D eigenvalue weighted by Crippen LogP contribution is -2.39. The van der Waals surface area contributed by atoms with Gasteiger partial charge in [-0.15, -0.1) is 0 Å². The maximum atomic E-state index is 13.6. The van der Waals surface area contributed by atoms with Crippen LogP contribution in [0.25, 0.3) is 5.65 Å². The number of likely N-dealkylation sites (tertiary alicyclic amines) is 1. The van der Waals surface area contributed by atoms with Crippen LogP contribution in [0.2, 0.25) is 0 Å². The number of fused-ring (bicyclic) bond motifs is 1. The lowest BCUT2D eigenvalue weighted by Gasteiger charge is -2.35. The highest BCUT2D eigenvalue weighted by Crippen LogP contribution is 2.33. The van der Waals surface area contributed by atoms with E-state index in [2.05, 4.69) is 9.71 Å². The molecule has 1 aliphatic rings. The number of nitrogens with one attached hydrogen (secondary N) is 1. The lowest BCUT2D eigenvalue weighted by atomic mass is 9.97. The number of anilines is 1. The van der Waals surface area contributed by atoms with Gasteiger partial charge in [0.15, 0.2) is 5.65 Å². The van der Waals surface area contributed by atoms with Gasteiger partial charge < -0.3 is 9.62 Å². The number of rotatable bonds is 4. The van der Waals surface area contributed by atoms with E-state index in [9.17, 15) is 4.79 Å². The van der Waals surface area contributed by atoms with Crippen LogP contribution in [0.4, 0.5) is 5.69 Å². The van der Waals surface area contributed by atoms with Crippen molar-refractivity contribution in [2.45, 2.75) is 46.1 Å². The molecule has 6 nitrogen and oxygen atoms in total. The van der Waals surface area contributed by atoms with Crippen LogP contribution >= 0.6 is 11.9 Å². The van der Waals surface area contributed by atoms with E-state index in [4.69, 9.17) is 5.10 Å². The van der Waals surface area contributed by atoms with Crippen LogP contribution in [-0.4, -0.2) is 38.2 Å². The summed E-state index contributed by atoms with van der Waals surface area (Å²) in [5, 5.41) is 4.78. The molecule has 3 aromatic rings. The Morgan fingerprint density at radius 2 is 2.03 bits per heavy atom. The number of carbonyl (C=O) groups excluding carboxylic acids is 1. The number of hydrogen-bond acceptors (Lipinski definition) is 5. The summed E-state index contributed by atoms with van der Waals surface area (Å²) in [6.07, 6.45) is 7.01. The van der Waals surface area contributed by atoms with Crippen LogP contribution in [0.5, 0.6) is 0 Å². The molecule has 1 aromatic carbocycles. The van der Waals surface area contributed by atoms with E-state index in [1.54, 1.807) is 0 Å². The van der Waals surface area contributed by atoms with Crippen molar-refractivity contribution >= 4 is 29.2 Å². The Morgan fingerprint density at radius 3 is 2.83 bits per heavy atom. The van der Waals surface area contributed by atoms with E-state index in [1.165, 1.54) is 11.9 Å². The molecule has 0 radical (unpaired) electrons. The molecule has 152 valence electrons. The average molecular weight is 410 g/mol. The van der Waals surface area contributed by atoms with Crippen molar-refractivity contribution in [2.75, 3.05) is 17.5 Å². The smallest absolute Gasteiger partial charge is 0.256 e. The zero-order valence-electron chi connectivity index (χ0n) is 17.4. The van der Waals surface area contributed by atoms with E-state index >= 15 is 0 Å². The van der Waals surface area contributed by atoms with Gasteiger partial charge in [-0.3, -0.25) is 4.79 Å². The molecule has 7 heteroatoms. The van der Waals surface area contributed by atoms with E-state index in [0.717, 1.165) is 65.2 Å². The number of carbonyl (C=O) groups is 1. The molecule has 1 fully saturated rings. The minimum atomic E-state index is -0.0267. The van der Waals surface area contributed by atoms with E-state index < -0.39 is 0 Å². The summed E-state index contributed by atoms with van der Waals surface area (Å²) in [4.78, 5) is 20.2. The second-order valence-electron chi connectivity index (χ2n) is 7.75. The molecule has 4 rings (SSSR count). The highest BCUT2D eigenvalue weighted by Gasteiger charge is 2.31. The highest BCUT2D eigenvalue weighted by molar-refractivity contribution is 7.99. The molecule has 0 saturated carbocycles. The fourth-order valence-electron chi connectivity index (χ4n) is 3.95. The van der Waals surface area contributed by atoms with Crippen LogP contribution in [-0.2, 0) is 0 Å². The number of hydrogen-bond donors (Lipinski definition) is 1. The molecule has 29 heavy (non-hydrogen) atoms. The van der Waals surface area contributed by atoms with Crippen molar-refractivity contribution < 1.29 is 4.79 Å². The molecule has 0 bridgehead atoms. The number of amides is 1. The first-order chi connectivity index (χ1) is 14.0. The molecule has 1 N–H and O–H groups in total. The van der Waals surface area contributed by atoms with Gasteiger partial charge in [0, 0.05) is 30.8 Å². The Hall–Kier alpha value is -2.54. The van der Waals surface area contributed by atoms with Crippen LogP contribution in [0.3, 0.4) is 0 Å². The van der Waals surface area contributed by atoms with Gasteiger partial charge in [-0.05, 0) is 57.7 Å². The largest absolute Gasteiger partial charge is 0.330 e. The Bertz CT molecular complexity index is 1020. The van der Waals surface area contributed by atoms with Gasteiger partial charge in [0.25, 0.3) is 5.91 Å². The fraction of sp³-hybridized carbons (Fsp3) is 0.409. The number of benzene rings is 1. The van der Waals surface area contributed by atoms with Crippen LogP contribution < -0.4 is 4.72 Å². The van der Waals surface area contributed by atoms with Crippen LogP contribution in [0.15, 0.2) is 30.5 Å². The molecule has 0 aliphatic carbocycles. The third kappa shape index (κ3) is 3.83. The SMILES string of the molecule is CSNc1ccc(C)cc1C(=O)N1CCCCC1c1cc2nc(C)c(C)cn2n1. The Morgan fingerprint density at radius 1 is 1.21 bits per heavy atom. The van der Waals surface area contributed by atoms with Gasteiger partial charge in [-0.2, -0.15) is 5.10 Å². The van der Waals surface area contributed by atoms with Crippen molar-refractivity contribution in [3.63, 3.8) is 0 Å². The predicted octanol–water partition coefficient (Wildman–Crippen LogP) is 4.71. The Labute approximate surface area is 175 Å². The summed E-state index contributed by atoms with van der Waals surface area (Å²) < 4.78 is 5.09. The first-order valence-corrected chi connectivity index (χ1v) is 11.2. The maximum Gasteiger partial charge on any atom is 0.256 e. The molecule has 1 amide bonds. The molecular formula is C22H27N5OS. The third-order valence-electron chi connectivity index (χ3n) is 5.63. The number of aromatic nitrogens is 3. The number of nitrogens with zero attached hydrogens (tertiary/aromatic N) is 4. The fourth-order valence-corrected chi connectivity index (χ4v) is 4.35. The molecular weight excluding hydrogens is 382 g/mol. The van der Waals surface area contributed by atoms with Gasteiger partial charge in [0.1, 0.15) is 0 Å².